The van der Waals surface area contributed by atoms with E-state index < -0.39 is 5.91 Å². The van der Waals surface area contributed by atoms with Crippen molar-refractivity contribution in [1.82, 2.24) is 10.2 Å². The third kappa shape index (κ3) is 4.01. The van der Waals surface area contributed by atoms with E-state index in [2.05, 4.69) is 20.5 Å². The van der Waals surface area contributed by atoms with Crippen LogP contribution in [0.4, 0.5) is 17.3 Å². The second kappa shape index (κ2) is 7.71. The summed E-state index contributed by atoms with van der Waals surface area (Å²) in [6, 6.07) is 14.3. The fraction of sp³-hybridized carbons (Fsp3) is 0.0556. The molecule has 4 N–H and O–H groups in total. The van der Waals surface area contributed by atoms with Gasteiger partial charge >= 0.3 is 0 Å². The molecule has 0 unspecified atom stereocenters. The van der Waals surface area contributed by atoms with Gasteiger partial charge in [0.2, 0.25) is 0 Å². The molecule has 0 spiro atoms. The van der Waals surface area contributed by atoms with Crippen LogP contribution in [0.3, 0.4) is 0 Å². The summed E-state index contributed by atoms with van der Waals surface area (Å²) >= 11 is 5.87. The molecule has 0 saturated heterocycles. The molecule has 3 rings (SSSR count). The van der Waals surface area contributed by atoms with Crippen LogP contribution < -0.4 is 15.8 Å². The van der Waals surface area contributed by atoms with E-state index in [1.165, 1.54) is 0 Å². The Morgan fingerprint density at radius 3 is 2.54 bits per heavy atom. The minimum absolute atomic E-state index is 0.171. The van der Waals surface area contributed by atoms with Crippen LogP contribution in [-0.4, -0.2) is 29.4 Å². The number of ether oxygens (including phenoxy) is 1. The van der Waals surface area contributed by atoms with Gasteiger partial charge in [0.1, 0.15) is 17.1 Å². The number of halogens is 1. The van der Waals surface area contributed by atoms with Crippen molar-refractivity contribution in [1.29, 1.82) is 0 Å². The molecule has 8 heteroatoms. The zero-order valence-corrected chi connectivity index (χ0v) is 14.6. The van der Waals surface area contributed by atoms with Crippen molar-refractivity contribution >= 4 is 41.0 Å². The molecule has 0 radical (unpaired) electrons. The van der Waals surface area contributed by atoms with Crippen LogP contribution in [0, 0.1) is 0 Å². The lowest BCUT2D eigenvalue weighted by molar-refractivity contribution is 0.100. The second-order valence-corrected chi connectivity index (χ2v) is 5.76. The molecule has 26 heavy (non-hydrogen) atoms. The van der Waals surface area contributed by atoms with E-state index in [9.17, 15) is 4.79 Å². The van der Waals surface area contributed by atoms with Crippen molar-refractivity contribution in [3.8, 4) is 5.75 Å². The monoisotopic (exact) mass is 369 g/mol. The second-order valence-electron chi connectivity index (χ2n) is 5.32. The maximum Gasteiger partial charge on any atom is 0.256 e. The molecule has 0 aliphatic heterocycles. The van der Waals surface area contributed by atoms with Crippen molar-refractivity contribution < 1.29 is 9.53 Å². The van der Waals surface area contributed by atoms with Gasteiger partial charge in [-0.2, -0.15) is 5.10 Å². The molecule has 132 valence electrons. The van der Waals surface area contributed by atoms with E-state index >= 15 is 0 Å². The van der Waals surface area contributed by atoms with Crippen molar-refractivity contribution in [2.45, 2.75) is 0 Å². The number of hydrogen-bond acceptors (Lipinski definition) is 5. The van der Waals surface area contributed by atoms with E-state index in [0.29, 0.717) is 10.8 Å². The number of anilines is 2. The van der Waals surface area contributed by atoms with E-state index in [1.54, 1.807) is 37.6 Å². The topological polar surface area (TPSA) is 105 Å². The van der Waals surface area contributed by atoms with Gasteiger partial charge in [-0.05, 0) is 54.1 Å². The highest BCUT2D eigenvalue weighted by molar-refractivity contribution is 6.30. The number of carbonyl (C=O) groups excluding carboxylic acids is 1. The number of H-pyrrole nitrogens is 1. The number of rotatable bonds is 6. The number of benzene rings is 2. The molecule has 0 aliphatic rings. The molecule has 0 atom stereocenters. The van der Waals surface area contributed by atoms with Crippen LogP contribution in [0.5, 0.6) is 5.75 Å². The molecule has 0 fully saturated rings. The number of hydrogen-bond donors (Lipinski definition) is 3. The number of methoxy groups -OCH3 is 1. The zero-order valence-electron chi connectivity index (χ0n) is 13.9. The fourth-order valence-electron chi connectivity index (χ4n) is 2.25. The number of amides is 1. The first-order valence-corrected chi connectivity index (χ1v) is 8.03. The summed E-state index contributed by atoms with van der Waals surface area (Å²) < 4.78 is 5.11. The SMILES string of the molecule is COc1ccc(C=Nc2n[nH]c(Nc3ccc(Cl)cc3)c2C(N)=O)cc1. The van der Waals surface area contributed by atoms with Gasteiger partial charge < -0.3 is 15.8 Å². The summed E-state index contributed by atoms with van der Waals surface area (Å²) in [7, 11) is 1.60. The van der Waals surface area contributed by atoms with Crippen LogP contribution in [0.15, 0.2) is 53.5 Å². The largest absolute Gasteiger partial charge is 0.497 e. The van der Waals surface area contributed by atoms with Gasteiger partial charge in [0.15, 0.2) is 5.82 Å². The van der Waals surface area contributed by atoms with Gasteiger partial charge in [-0.25, -0.2) is 4.99 Å². The van der Waals surface area contributed by atoms with E-state index in [0.717, 1.165) is 17.0 Å². The molecule has 1 aromatic heterocycles. The van der Waals surface area contributed by atoms with E-state index in [4.69, 9.17) is 22.1 Å². The molecule has 1 heterocycles. The van der Waals surface area contributed by atoms with Gasteiger partial charge in [-0.15, -0.1) is 0 Å². The Hall–Kier alpha value is -3.32. The average molecular weight is 370 g/mol. The van der Waals surface area contributed by atoms with Gasteiger partial charge in [-0.3, -0.25) is 9.89 Å². The molecule has 2 aromatic carbocycles. The molecule has 0 aliphatic carbocycles. The summed E-state index contributed by atoms with van der Waals surface area (Å²) in [6.45, 7) is 0. The Morgan fingerprint density at radius 2 is 1.92 bits per heavy atom. The van der Waals surface area contributed by atoms with E-state index in [1.807, 2.05) is 24.3 Å². The van der Waals surface area contributed by atoms with Crippen molar-refractivity contribution in [3.63, 3.8) is 0 Å². The fourth-order valence-corrected chi connectivity index (χ4v) is 2.38. The number of nitrogens with one attached hydrogen (secondary N) is 2. The molecule has 0 bridgehead atoms. The van der Waals surface area contributed by atoms with Gasteiger partial charge in [0.25, 0.3) is 5.91 Å². The van der Waals surface area contributed by atoms with Gasteiger partial charge in [-0.1, -0.05) is 11.6 Å². The first kappa shape index (κ1) is 17.5. The van der Waals surface area contributed by atoms with Gasteiger partial charge in [0, 0.05) is 16.9 Å². The maximum absolute atomic E-state index is 11.9. The van der Waals surface area contributed by atoms with E-state index in [-0.39, 0.29) is 11.4 Å². The summed E-state index contributed by atoms with van der Waals surface area (Å²) in [5.41, 5.74) is 7.22. The van der Waals surface area contributed by atoms with Crippen LogP contribution in [0.2, 0.25) is 5.02 Å². The lowest BCUT2D eigenvalue weighted by atomic mass is 10.2. The lowest BCUT2D eigenvalue weighted by Gasteiger charge is -2.05. The van der Waals surface area contributed by atoms with Crippen LogP contribution in [0.25, 0.3) is 0 Å². The first-order chi connectivity index (χ1) is 12.6. The summed E-state index contributed by atoms with van der Waals surface area (Å²) in [5.74, 6) is 0.665. The highest BCUT2D eigenvalue weighted by Gasteiger charge is 2.18. The smallest absolute Gasteiger partial charge is 0.256 e. The molecule has 7 nitrogen and oxygen atoms in total. The number of aromatic amines is 1. The van der Waals surface area contributed by atoms with Crippen molar-refractivity contribution in [2.24, 2.45) is 10.7 Å². The van der Waals surface area contributed by atoms with Crippen LogP contribution >= 0.6 is 11.6 Å². The predicted molar refractivity (Wildman–Crippen MR) is 102 cm³/mol. The number of nitrogens with two attached hydrogens (primary N) is 1. The molecule has 3 aromatic rings. The third-order valence-electron chi connectivity index (χ3n) is 3.56. The Morgan fingerprint density at radius 1 is 1.23 bits per heavy atom. The average Bonchev–Trinajstić information content (AvgIpc) is 3.05. The lowest BCUT2D eigenvalue weighted by Crippen LogP contribution is -2.12. The molecular formula is C18H16ClN5O2. The predicted octanol–water partition coefficient (Wildman–Crippen LogP) is 3.66. The highest BCUT2D eigenvalue weighted by Crippen LogP contribution is 2.26. The minimum Gasteiger partial charge on any atom is -0.497 e. The van der Waals surface area contributed by atoms with Crippen LogP contribution in [0.1, 0.15) is 15.9 Å². The van der Waals surface area contributed by atoms with Crippen molar-refractivity contribution in [3.05, 3.63) is 64.7 Å². The summed E-state index contributed by atoms with van der Waals surface area (Å²) in [5, 5.41) is 10.5. The normalized spacial score (nSPS) is 10.8. The summed E-state index contributed by atoms with van der Waals surface area (Å²) in [4.78, 5) is 16.1. The zero-order chi connectivity index (χ0) is 18.5. The summed E-state index contributed by atoms with van der Waals surface area (Å²) in [6.07, 6.45) is 1.59. The standard InChI is InChI=1S/C18H16ClN5O2/c1-26-14-8-2-11(3-9-14)10-21-17-15(16(20)25)18(24-23-17)22-13-6-4-12(19)5-7-13/h2-10H,1H3,(H2,20,25)(H2,22,23,24). The highest BCUT2D eigenvalue weighted by atomic mass is 35.5. The molecule has 0 saturated carbocycles. The third-order valence-corrected chi connectivity index (χ3v) is 3.81. The number of aromatic nitrogens is 2. The number of primary amides is 1. The minimum atomic E-state index is -0.642. The van der Waals surface area contributed by atoms with Gasteiger partial charge in [0.05, 0.1) is 7.11 Å². The number of aliphatic imine (C=N–C) groups is 1. The maximum atomic E-state index is 11.9. The molecule has 1 amide bonds. The molecular weight excluding hydrogens is 354 g/mol. The van der Waals surface area contributed by atoms with Crippen LogP contribution in [-0.2, 0) is 0 Å². The number of nitrogens with zero attached hydrogens (tertiary/aromatic N) is 2. The Balaban J connectivity index is 1.85. The van der Waals surface area contributed by atoms with Crippen molar-refractivity contribution in [2.75, 3.05) is 12.4 Å². The number of carbonyl (C=O) groups is 1. The first-order valence-electron chi connectivity index (χ1n) is 7.65. The quantitative estimate of drug-likeness (QED) is 0.576. The Kier molecular flexibility index (Phi) is 5.19. The Bertz CT molecular complexity index is 933. The Labute approximate surface area is 154 Å².